The molecule has 1 fully saturated rings. The van der Waals surface area contributed by atoms with E-state index in [0.29, 0.717) is 33.5 Å². The fraction of sp³-hybridized carbons (Fsp3) is 0.438. The number of nitrogens with zero attached hydrogens (tertiary/aromatic N) is 4. The van der Waals surface area contributed by atoms with Gasteiger partial charge in [0.1, 0.15) is 11.3 Å². The molecule has 11 heteroatoms. The van der Waals surface area contributed by atoms with E-state index in [0.717, 1.165) is 37.1 Å². The molecule has 2 aromatic carbocycles. The predicted molar refractivity (Wildman–Crippen MR) is 174 cm³/mol. The summed E-state index contributed by atoms with van der Waals surface area (Å²) >= 11 is 6.76. The van der Waals surface area contributed by atoms with E-state index >= 15 is 0 Å². The molecule has 1 saturated heterocycles. The lowest BCUT2D eigenvalue weighted by atomic mass is 9.86. The van der Waals surface area contributed by atoms with Crippen molar-refractivity contribution in [1.29, 1.82) is 5.26 Å². The van der Waals surface area contributed by atoms with Crippen molar-refractivity contribution in [1.82, 2.24) is 14.9 Å². The molecule has 9 nitrogen and oxygen atoms in total. The zero-order chi connectivity index (χ0) is 31.7. The summed E-state index contributed by atoms with van der Waals surface area (Å²) in [7, 11) is 1.34. The van der Waals surface area contributed by atoms with Gasteiger partial charge in [-0.25, -0.2) is 4.98 Å². The molecule has 0 radical (unpaired) electrons. The molecule has 0 unspecified atom stereocenters. The standard InChI is InChI=1S/C32H41ClN6O3Si/c1-19-25(42-43(7,8)32(2,3)4)12-11-24(33)26(19)28-27(29(35)40)30(41-6)38-31(37-28)36-22-9-10-23(21(17-22)18-34)20-13-15-39(5)16-14-20/h9-12,17,20H,13-16H2,1-8H3,(H2,35,40)(H,36,37,38). The number of anilines is 2. The minimum absolute atomic E-state index is 0.00892. The summed E-state index contributed by atoms with van der Waals surface area (Å²) in [6.07, 6.45) is 2.02. The molecule has 2 heterocycles. The summed E-state index contributed by atoms with van der Waals surface area (Å²) in [6.45, 7) is 14.7. The first-order valence-electron chi connectivity index (χ1n) is 14.4. The number of likely N-dealkylation sites (tertiary alicyclic amines) is 1. The molecule has 0 bridgehead atoms. The molecule has 0 aliphatic carbocycles. The summed E-state index contributed by atoms with van der Waals surface area (Å²) in [5, 5.41) is 13.5. The summed E-state index contributed by atoms with van der Waals surface area (Å²) < 4.78 is 12.1. The number of hydrogen-bond donors (Lipinski definition) is 2. The number of aromatic nitrogens is 2. The molecule has 0 saturated carbocycles. The van der Waals surface area contributed by atoms with E-state index in [9.17, 15) is 10.1 Å². The van der Waals surface area contributed by atoms with Crippen LogP contribution in [0.15, 0.2) is 30.3 Å². The molecular weight excluding hydrogens is 580 g/mol. The minimum Gasteiger partial charge on any atom is -0.543 e. The molecule has 4 rings (SSSR count). The van der Waals surface area contributed by atoms with Crippen LogP contribution in [-0.4, -0.2) is 56.3 Å². The number of halogens is 1. The molecule has 1 amide bonds. The van der Waals surface area contributed by atoms with E-state index in [1.807, 2.05) is 25.1 Å². The van der Waals surface area contributed by atoms with Crippen LogP contribution in [-0.2, 0) is 0 Å². The summed E-state index contributed by atoms with van der Waals surface area (Å²) in [5.41, 5.74) is 9.59. The Morgan fingerprint density at radius 1 is 1.19 bits per heavy atom. The second kappa shape index (κ2) is 12.5. The Labute approximate surface area is 260 Å². The molecule has 1 aliphatic heterocycles. The van der Waals surface area contributed by atoms with Crippen LogP contribution in [0, 0.1) is 18.3 Å². The van der Waals surface area contributed by atoms with E-state index in [1.165, 1.54) is 7.11 Å². The number of methoxy groups -OCH3 is 1. The van der Waals surface area contributed by atoms with Gasteiger partial charge in [0.15, 0.2) is 0 Å². The fourth-order valence-corrected chi connectivity index (χ4v) is 6.44. The Balaban J connectivity index is 1.79. The second-order valence-corrected chi connectivity index (χ2v) is 17.8. The first kappa shape index (κ1) is 32.3. The number of primary amides is 1. The van der Waals surface area contributed by atoms with Gasteiger partial charge in [-0.3, -0.25) is 4.79 Å². The summed E-state index contributed by atoms with van der Waals surface area (Å²) in [5.74, 6) is 0.424. The van der Waals surface area contributed by atoms with Gasteiger partial charge < -0.3 is 25.1 Å². The Morgan fingerprint density at radius 3 is 2.44 bits per heavy atom. The van der Waals surface area contributed by atoms with Crippen molar-refractivity contribution in [3.05, 3.63) is 57.6 Å². The quantitative estimate of drug-likeness (QED) is 0.257. The molecule has 0 atom stereocenters. The Bertz CT molecular complexity index is 1570. The van der Waals surface area contributed by atoms with Crippen LogP contribution in [0.3, 0.4) is 0 Å². The van der Waals surface area contributed by atoms with Gasteiger partial charge in [0.05, 0.1) is 29.5 Å². The molecule has 43 heavy (non-hydrogen) atoms. The minimum atomic E-state index is -2.20. The molecule has 228 valence electrons. The van der Waals surface area contributed by atoms with Crippen LogP contribution in [0.25, 0.3) is 11.3 Å². The van der Waals surface area contributed by atoms with E-state index < -0.39 is 14.2 Å². The molecule has 1 aromatic heterocycles. The highest BCUT2D eigenvalue weighted by Crippen LogP contribution is 2.43. The van der Waals surface area contributed by atoms with Gasteiger partial charge >= 0.3 is 0 Å². The van der Waals surface area contributed by atoms with Gasteiger partial charge in [-0.2, -0.15) is 10.2 Å². The fourth-order valence-electron chi connectivity index (χ4n) is 5.07. The third kappa shape index (κ3) is 6.79. The number of carbonyl (C=O) groups is 1. The lowest BCUT2D eigenvalue weighted by molar-refractivity contribution is 0.0997. The molecule has 3 aromatic rings. The van der Waals surface area contributed by atoms with Gasteiger partial charge in [-0.15, -0.1) is 0 Å². The first-order chi connectivity index (χ1) is 20.2. The van der Waals surface area contributed by atoms with Crippen molar-refractivity contribution in [2.24, 2.45) is 5.73 Å². The van der Waals surface area contributed by atoms with Crippen molar-refractivity contribution in [3.8, 4) is 29.0 Å². The lowest BCUT2D eigenvalue weighted by Crippen LogP contribution is -2.44. The van der Waals surface area contributed by atoms with Gasteiger partial charge in [0.25, 0.3) is 5.91 Å². The highest BCUT2D eigenvalue weighted by atomic mass is 35.5. The Kier molecular flexibility index (Phi) is 9.40. The number of piperidine rings is 1. The zero-order valence-electron chi connectivity index (χ0n) is 26.3. The number of nitriles is 1. The Hall–Kier alpha value is -3.65. The number of benzene rings is 2. The van der Waals surface area contributed by atoms with Crippen molar-refractivity contribution in [3.63, 3.8) is 0 Å². The molecule has 3 N–H and O–H groups in total. The topological polar surface area (TPSA) is 126 Å². The SMILES string of the molecule is COc1nc(Nc2ccc(C3CCN(C)CC3)c(C#N)c2)nc(-c2c(Cl)ccc(O[Si](C)(C)C(C)(C)C)c2C)c1C(N)=O. The van der Waals surface area contributed by atoms with Crippen molar-refractivity contribution in [2.75, 3.05) is 32.6 Å². The monoisotopic (exact) mass is 620 g/mol. The van der Waals surface area contributed by atoms with Crippen molar-refractivity contribution in [2.45, 2.75) is 64.6 Å². The van der Waals surface area contributed by atoms with Crippen LogP contribution in [0.4, 0.5) is 11.6 Å². The first-order valence-corrected chi connectivity index (χ1v) is 17.7. The largest absolute Gasteiger partial charge is 0.543 e. The van der Waals surface area contributed by atoms with E-state index in [1.54, 1.807) is 12.1 Å². The van der Waals surface area contributed by atoms with E-state index in [-0.39, 0.29) is 28.1 Å². The number of ether oxygens (including phenoxy) is 1. The van der Waals surface area contributed by atoms with Crippen LogP contribution >= 0.6 is 11.6 Å². The van der Waals surface area contributed by atoms with Gasteiger partial charge in [0.2, 0.25) is 20.1 Å². The maximum atomic E-state index is 12.7. The van der Waals surface area contributed by atoms with Gasteiger partial charge in [-0.1, -0.05) is 38.4 Å². The zero-order valence-corrected chi connectivity index (χ0v) is 28.0. The third-order valence-corrected chi connectivity index (χ3v) is 13.3. The number of hydrogen-bond acceptors (Lipinski definition) is 8. The summed E-state index contributed by atoms with van der Waals surface area (Å²) in [6, 6.07) is 11.7. The lowest BCUT2D eigenvalue weighted by Gasteiger charge is -2.37. The average Bonchev–Trinajstić information content (AvgIpc) is 2.94. The highest BCUT2D eigenvalue weighted by molar-refractivity contribution is 6.74. The molecule has 1 aliphatic rings. The van der Waals surface area contributed by atoms with E-state index in [4.69, 9.17) is 31.5 Å². The maximum Gasteiger partial charge on any atom is 0.256 e. The van der Waals surface area contributed by atoms with Crippen molar-refractivity contribution >= 4 is 37.5 Å². The summed E-state index contributed by atoms with van der Waals surface area (Å²) in [4.78, 5) is 24.2. The van der Waals surface area contributed by atoms with E-state index in [2.05, 4.69) is 62.2 Å². The number of nitrogens with two attached hydrogens (primary N) is 1. The van der Waals surface area contributed by atoms with Crippen LogP contribution in [0.5, 0.6) is 11.6 Å². The van der Waals surface area contributed by atoms with Gasteiger partial charge in [-0.05, 0) is 93.8 Å². The number of rotatable bonds is 8. The number of amides is 1. The molecule has 0 spiro atoms. The normalized spacial score (nSPS) is 14.7. The van der Waals surface area contributed by atoms with Crippen molar-refractivity contribution < 1.29 is 14.0 Å². The highest BCUT2D eigenvalue weighted by Gasteiger charge is 2.39. The third-order valence-electron chi connectivity index (χ3n) is 8.68. The maximum absolute atomic E-state index is 12.7. The van der Waals surface area contributed by atoms with Crippen LogP contribution < -0.4 is 20.2 Å². The van der Waals surface area contributed by atoms with Crippen LogP contribution in [0.2, 0.25) is 23.2 Å². The molecular formula is C32H41ClN6O3Si. The number of carbonyl (C=O) groups excluding carboxylic acids is 1. The number of nitrogens with one attached hydrogen (secondary N) is 1. The Morgan fingerprint density at radius 2 is 1.86 bits per heavy atom. The second-order valence-electron chi connectivity index (χ2n) is 12.7. The smallest absolute Gasteiger partial charge is 0.256 e. The van der Waals surface area contributed by atoms with Crippen LogP contribution in [0.1, 0.15) is 66.6 Å². The predicted octanol–water partition coefficient (Wildman–Crippen LogP) is 7.02. The average molecular weight is 621 g/mol. The van der Waals surface area contributed by atoms with Gasteiger partial charge in [0, 0.05) is 16.8 Å².